The van der Waals surface area contributed by atoms with Crippen LogP contribution in [0.5, 0.6) is 0 Å². The van der Waals surface area contributed by atoms with Gasteiger partial charge in [0.05, 0.1) is 6.61 Å². The lowest BCUT2D eigenvalue weighted by Crippen LogP contribution is -2.46. The second-order valence-electron chi connectivity index (χ2n) is 4.86. The molecule has 6 nitrogen and oxygen atoms in total. The quantitative estimate of drug-likeness (QED) is 0.311. The van der Waals surface area contributed by atoms with Crippen molar-refractivity contribution in [2.45, 2.75) is 33.3 Å². The van der Waals surface area contributed by atoms with Crippen LogP contribution in [-0.2, 0) is 16.1 Å². The second kappa shape index (κ2) is 7.64. The Bertz CT molecular complexity index is 511. The Labute approximate surface area is 125 Å². The summed E-state index contributed by atoms with van der Waals surface area (Å²) in [6.07, 6.45) is 0.895. The summed E-state index contributed by atoms with van der Waals surface area (Å²) >= 11 is 0. The van der Waals surface area contributed by atoms with E-state index in [-0.39, 0.29) is 11.7 Å². The van der Waals surface area contributed by atoms with Gasteiger partial charge >= 0.3 is 0 Å². The molecule has 6 heteroatoms. The number of methoxy groups -OCH3 is 1. The SMILES string of the molecule is CCC(CC)(C(=O)Nc1cccc(COC)c1)C(N)=NO. The molecule has 0 aromatic heterocycles. The number of amides is 1. The lowest BCUT2D eigenvalue weighted by atomic mass is 9.80. The van der Waals surface area contributed by atoms with E-state index in [1.165, 1.54) is 0 Å². The van der Waals surface area contributed by atoms with Gasteiger partial charge in [0.25, 0.3) is 0 Å². The Balaban J connectivity index is 2.99. The fraction of sp³-hybridized carbons (Fsp3) is 0.467. The number of rotatable bonds is 7. The van der Waals surface area contributed by atoms with E-state index in [4.69, 9.17) is 15.7 Å². The van der Waals surface area contributed by atoms with Crippen molar-refractivity contribution in [1.29, 1.82) is 0 Å². The van der Waals surface area contributed by atoms with E-state index in [2.05, 4.69) is 10.5 Å². The Hall–Kier alpha value is -2.08. The maximum Gasteiger partial charge on any atom is 0.238 e. The van der Waals surface area contributed by atoms with Crippen LogP contribution in [0, 0.1) is 5.41 Å². The number of amidine groups is 1. The number of anilines is 1. The molecule has 1 aromatic rings. The Morgan fingerprint density at radius 3 is 2.62 bits per heavy atom. The highest BCUT2D eigenvalue weighted by Gasteiger charge is 2.39. The molecule has 0 radical (unpaired) electrons. The molecule has 4 N–H and O–H groups in total. The van der Waals surface area contributed by atoms with Crippen LogP contribution in [0.2, 0.25) is 0 Å². The molecule has 0 unspecified atom stereocenters. The van der Waals surface area contributed by atoms with E-state index in [0.29, 0.717) is 25.1 Å². The average Bonchev–Trinajstić information content (AvgIpc) is 2.49. The summed E-state index contributed by atoms with van der Waals surface area (Å²) in [5.41, 5.74) is 6.33. The van der Waals surface area contributed by atoms with Gasteiger partial charge in [-0.2, -0.15) is 0 Å². The van der Waals surface area contributed by atoms with Crippen molar-refractivity contribution in [3.63, 3.8) is 0 Å². The van der Waals surface area contributed by atoms with E-state index in [0.717, 1.165) is 5.56 Å². The van der Waals surface area contributed by atoms with Gasteiger partial charge in [0, 0.05) is 12.8 Å². The molecule has 0 fully saturated rings. The number of nitrogens with one attached hydrogen (secondary N) is 1. The van der Waals surface area contributed by atoms with Gasteiger partial charge in [0.2, 0.25) is 5.91 Å². The Morgan fingerprint density at radius 2 is 2.10 bits per heavy atom. The minimum atomic E-state index is -1.01. The maximum absolute atomic E-state index is 12.6. The number of benzene rings is 1. The first-order valence-electron chi connectivity index (χ1n) is 6.91. The van der Waals surface area contributed by atoms with Crippen molar-refractivity contribution < 1.29 is 14.7 Å². The molecule has 1 rings (SSSR count). The summed E-state index contributed by atoms with van der Waals surface area (Å²) in [4.78, 5) is 12.6. The zero-order chi connectivity index (χ0) is 15.9. The molecule has 116 valence electrons. The first-order valence-corrected chi connectivity index (χ1v) is 6.91. The van der Waals surface area contributed by atoms with Gasteiger partial charge in [-0.15, -0.1) is 0 Å². The second-order valence-corrected chi connectivity index (χ2v) is 4.86. The van der Waals surface area contributed by atoms with Crippen LogP contribution in [0.25, 0.3) is 0 Å². The van der Waals surface area contributed by atoms with Gasteiger partial charge in [-0.3, -0.25) is 4.79 Å². The van der Waals surface area contributed by atoms with Gasteiger partial charge in [0.15, 0.2) is 5.84 Å². The van der Waals surface area contributed by atoms with E-state index in [1.807, 2.05) is 32.0 Å². The van der Waals surface area contributed by atoms with Crippen LogP contribution in [-0.4, -0.2) is 24.1 Å². The number of oxime groups is 1. The summed E-state index contributed by atoms with van der Waals surface area (Å²) < 4.78 is 5.07. The van der Waals surface area contributed by atoms with Gasteiger partial charge in [-0.1, -0.05) is 31.1 Å². The zero-order valence-corrected chi connectivity index (χ0v) is 12.7. The normalized spacial score (nSPS) is 12.2. The van der Waals surface area contributed by atoms with Crippen LogP contribution in [0.1, 0.15) is 32.3 Å². The van der Waals surface area contributed by atoms with E-state index in [9.17, 15) is 4.79 Å². The first kappa shape index (κ1) is 17.0. The van der Waals surface area contributed by atoms with Crippen molar-refractivity contribution in [3.8, 4) is 0 Å². The largest absolute Gasteiger partial charge is 0.409 e. The topological polar surface area (TPSA) is 96.9 Å². The number of carbonyl (C=O) groups excluding carboxylic acids is 1. The molecule has 1 amide bonds. The Kier molecular flexibility index (Phi) is 6.17. The highest BCUT2D eigenvalue weighted by Crippen LogP contribution is 2.29. The van der Waals surface area contributed by atoms with Crippen molar-refractivity contribution in [1.82, 2.24) is 0 Å². The van der Waals surface area contributed by atoms with Crippen LogP contribution < -0.4 is 11.1 Å². The predicted molar refractivity (Wildman–Crippen MR) is 82.2 cm³/mol. The Morgan fingerprint density at radius 1 is 1.43 bits per heavy atom. The monoisotopic (exact) mass is 293 g/mol. The summed E-state index contributed by atoms with van der Waals surface area (Å²) in [6.45, 7) is 4.14. The molecule has 0 saturated carbocycles. The number of hydrogen-bond donors (Lipinski definition) is 3. The third-order valence-electron chi connectivity index (χ3n) is 3.74. The highest BCUT2D eigenvalue weighted by atomic mass is 16.5. The van der Waals surface area contributed by atoms with Crippen molar-refractivity contribution in [3.05, 3.63) is 29.8 Å². The molecule has 21 heavy (non-hydrogen) atoms. The van der Waals surface area contributed by atoms with E-state index < -0.39 is 5.41 Å². The number of carbonyl (C=O) groups is 1. The van der Waals surface area contributed by atoms with E-state index >= 15 is 0 Å². The lowest BCUT2D eigenvalue weighted by molar-refractivity contribution is -0.122. The summed E-state index contributed by atoms with van der Waals surface area (Å²) in [5.74, 6) is -0.351. The van der Waals surface area contributed by atoms with Gasteiger partial charge in [-0.05, 0) is 30.5 Å². The summed E-state index contributed by atoms with van der Waals surface area (Å²) in [6, 6.07) is 7.38. The minimum absolute atomic E-state index is 0.0713. The van der Waals surface area contributed by atoms with Crippen molar-refractivity contribution >= 4 is 17.4 Å². The predicted octanol–water partition coefficient (Wildman–Crippen LogP) is 2.32. The molecule has 0 aliphatic rings. The molecule has 0 spiro atoms. The number of hydrogen-bond acceptors (Lipinski definition) is 4. The number of nitrogens with zero attached hydrogens (tertiary/aromatic N) is 1. The van der Waals surface area contributed by atoms with Gasteiger partial charge < -0.3 is 21.0 Å². The summed E-state index contributed by atoms with van der Waals surface area (Å²) in [7, 11) is 1.61. The standard InChI is InChI=1S/C15H23N3O3/c1-4-15(5-2,13(16)18-20)14(19)17-12-8-6-7-11(9-12)10-21-3/h6-9,20H,4-5,10H2,1-3H3,(H2,16,18)(H,17,19). The average molecular weight is 293 g/mol. The molecule has 0 bridgehead atoms. The highest BCUT2D eigenvalue weighted by molar-refractivity contribution is 6.11. The molecular formula is C15H23N3O3. The molecule has 0 aliphatic carbocycles. The molecule has 0 heterocycles. The van der Waals surface area contributed by atoms with Crippen LogP contribution in [0.15, 0.2) is 29.4 Å². The van der Waals surface area contributed by atoms with Gasteiger partial charge in [0.1, 0.15) is 5.41 Å². The first-order chi connectivity index (χ1) is 10.0. The zero-order valence-electron chi connectivity index (χ0n) is 12.7. The summed E-state index contributed by atoms with van der Waals surface area (Å²) in [5, 5.41) is 14.8. The van der Waals surface area contributed by atoms with Crippen LogP contribution >= 0.6 is 0 Å². The van der Waals surface area contributed by atoms with Gasteiger partial charge in [-0.25, -0.2) is 0 Å². The third-order valence-corrected chi connectivity index (χ3v) is 3.74. The molecule has 0 aliphatic heterocycles. The van der Waals surface area contributed by atoms with Crippen LogP contribution in [0.3, 0.4) is 0 Å². The van der Waals surface area contributed by atoms with Crippen molar-refractivity contribution in [2.24, 2.45) is 16.3 Å². The van der Waals surface area contributed by atoms with Crippen LogP contribution in [0.4, 0.5) is 5.69 Å². The maximum atomic E-state index is 12.6. The van der Waals surface area contributed by atoms with Crippen molar-refractivity contribution in [2.75, 3.05) is 12.4 Å². The molecular weight excluding hydrogens is 270 g/mol. The van der Waals surface area contributed by atoms with E-state index in [1.54, 1.807) is 13.2 Å². The smallest absolute Gasteiger partial charge is 0.238 e. The number of nitrogens with two attached hydrogens (primary N) is 1. The molecule has 0 saturated heterocycles. The molecule has 0 atom stereocenters. The lowest BCUT2D eigenvalue weighted by Gasteiger charge is -2.28. The fourth-order valence-electron chi connectivity index (χ4n) is 2.30. The third kappa shape index (κ3) is 3.72. The molecule has 1 aromatic carbocycles. The fourth-order valence-corrected chi connectivity index (χ4v) is 2.30. The minimum Gasteiger partial charge on any atom is -0.409 e. The number of ether oxygens (including phenoxy) is 1.